The van der Waals surface area contributed by atoms with Crippen molar-refractivity contribution in [2.24, 2.45) is 4.99 Å². The Morgan fingerprint density at radius 3 is 2.48 bits per heavy atom. The zero-order chi connectivity index (χ0) is 21.2. The molecule has 0 saturated carbocycles. The molecule has 3 aromatic rings. The second-order valence-electron chi connectivity index (χ2n) is 6.84. The topological polar surface area (TPSA) is 96.5 Å². The summed E-state index contributed by atoms with van der Waals surface area (Å²) in [4.78, 5) is 16.2. The summed E-state index contributed by atoms with van der Waals surface area (Å²) in [6.45, 7) is 3.89. The molecule has 3 rings (SSSR count). The van der Waals surface area contributed by atoms with E-state index in [2.05, 4.69) is 50.3 Å². The summed E-state index contributed by atoms with van der Waals surface area (Å²) in [5.41, 5.74) is 3.12. The number of guanidine groups is 1. The fourth-order valence-electron chi connectivity index (χ4n) is 2.97. The quantitative estimate of drug-likeness (QED) is 0.169. The SMILES string of the molecule is CN=C(NCCCNC(=O)c1occc1C)NCCc1ccc(-n2cccn2)cc1.I. The molecule has 0 aliphatic rings. The van der Waals surface area contributed by atoms with E-state index in [1.807, 2.05) is 23.9 Å². The van der Waals surface area contributed by atoms with Crippen LogP contribution >= 0.6 is 24.0 Å². The van der Waals surface area contributed by atoms with Gasteiger partial charge in [-0.25, -0.2) is 4.68 Å². The number of rotatable bonds is 9. The van der Waals surface area contributed by atoms with Gasteiger partial charge < -0.3 is 20.4 Å². The molecule has 2 aromatic heterocycles. The molecule has 2 heterocycles. The minimum absolute atomic E-state index is 0. The van der Waals surface area contributed by atoms with Crippen LogP contribution in [0.3, 0.4) is 0 Å². The van der Waals surface area contributed by atoms with Gasteiger partial charge in [0, 0.05) is 44.6 Å². The fourth-order valence-corrected chi connectivity index (χ4v) is 2.97. The van der Waals surface area contributed by atoms with Crippen molar-refractivity contribution in [2.75, 3.05) is 26.7 Å². The van der Waals surface area contributed by atoms with Crippen molar-refractivity contribution in [3.05, 3.63) is 71.9 Å². The average Bonchev–Trinajstić information content (AvgIpc) is 3.44. The molecule has 9 heteroatoms. The molecule has 8 nitrogen and oxygen atoms in total. The normalized spacial score (nSPS) is 11.0. The highest BCUT2D eigenvalue weighted by Crippen LogP contribution is 2.09. The van der Waals surface area contributed by atoms with E-state index in [-0.39, 0.29) is 29.9 Å². The minimum atomic E-state index is -0.182. The monoisotopic (exact) mass is 536 g/mol. The van der Waals surface area contributed by atoms with Gasteiger partial charge in [-0.3, -0.25) is 9.79 Å². The third-order valence-corrected chi connectivity index (χ3v) is 4.63. The Labute approximate surface area is 199 Å². The van der Waals surface area contributed by atoms with Crippen LogP contribution in [0.15, 0.2) is 64.5 Å². The number of carbonyl (C=O) groups excluding carboxylic acids is 1. The van der Waals surface area contributed by atoms with Gasteiger partial charge in [-0.15, -0.1) is 24.0 Å². The minimum Gasteiger partial charge on any atom is -0.459 e. The molecule has 0 spiro atoms. The molecule has 1 aromatic carbocycles. The van der Waals surface area contributed by atoms with Crippen molar-refractivity contribution in [2.45, 2.75) is 19.8 Å². The number of aromatic nitrogens is 2. The first-order valence-corrected chi connectivity index (χ1v) is 10.0. The van der Waals surface area contributed by atoms with E-state index >= 15 is 0 Å². The van der Waals surface area contributed by atoms with Crippen LogP contribution in [0, 0.1) is 6.92 Å². The molecule has 0 bridgehead atoms. The number of nitrogens with one attached hydrogen (secondary N) is 3. The van der Waals surface area contributed by atoms with Crippen molar-refractivity contribution in [1.82, 2.24) is 25.7 Å². The van der Waals surface area contributed by atoms with Gasteiger partial charge in [0.15, 0.2) is 11.7 Å². The van der Waals surface area contributed by atoms with Crippen LogP contribution in [0.5, 0.6) is 0 Å². The number of furan rings is 1. The molecule has 0 radical (unpaired) electrons. The Balaban J connectivity index is 0.00000341. The molecule has 1 amide bonds. The van der Waals surface area contributed by atoms with Crippen molar-refractivity contribution in [1.29, 1.82) is 0 Å². The molecule has 0 unspecified atom stereocenters. The maximum Gasteiger partial charge on any atom is 0.287 e. The molecular formula is C22H29IN6O2. The lowest BCUT2D eigenvalue weighted by atomic mass is 10.1. The van der Waals surface area contributed by atoms with Crippen LogP contribution in [0.1, 0.15) is 28.1 Å². The summed E-state index contributed by atoms with van der Waals surface area (Å²) in [6, 6.07) is 12.0. The highest BCUT2D eigenvalue weighted by Gasteiger charge is 2.11. The first kappa shape index (κ1) is 24.4. The van der Waals surface area contributed by atoms with Gasteiger partial charge in [0.25, 0.3) is 5.91 Å². The van der Waals surface area contributed by atoms with Gasteiger partial charge in [-0.1, -0.05) is 12.1 Å². The van der Waals surface area contributed by atoms with E-state index in [9.17, 15) is 4.79 Å². The van der Waals surface area contributed by atoms with Gasteiger partial charge in [0.2, 0.25) is 0 Å². The third kappa shape index (κ3) is 7.42. The van der Waals surface area contributed by atoms with E-state index < -0.39 is 0 Å². The number of aliphatic imine (C=N–C) groups is 1. The molecule has 31 heavy (non-hydrogen) atoms. The average molecular weight is 536 g/mol. The van der Waals surface area contributed by atoms with Gasteiger partial charge in [0.1, 0.15) is 0 Å². The standard InChI is InChI=1S/C22H28N6O2.HI/c1-17-10-16-30-20(17)21(29)24-11-3-12-25-22(23-2)26-14-9-18-5-7-19(8-6-18)28-15-4-13-27-28;/h4-8,10,13,15-16H,3,9,11-12,14H2,1-2H3,(H,24,29)(H2,23,25,26);1H. The number of aryl methyl sites for hydroxylation is 1. The first-order chi connectivity index (χ1) is 14.7. The smallest absolute Gasteiger partial charge is 0.287 e. The lowest BCUT2D eigenvalue weighted by Crippen LogP contribution is -2.39. The van der Waals surface area contributed by atoms with Gasteiger partial charge in [-0.05, 0) is 49.6 Å². The van der Waals surface area contributed by atoms with Crippen LogP contribution in [-0.4, -0.2) is 48.3 Å². The Morgan fingerprint density at radius 2 is 1.84 bits per heavy atom. The highest BCUT2D eigenvalue weighted by molar-refractivity contribution is 14.0. The Morgan fingerprint density at radius 1 is 1.10 bits per heavy atom. The number of amides is 1. The first-order valence-electron chi connectivity index (χ1n) is 10.0. The third-order valence-electron chi connectivity index (χ3n) is 4.63. The van der Waals surface area contributed by atoms with Crippen LogP contribution in [0.2, 0.25) is 0 Å². The molecule has 0 saturated heterocycles. The number of hydrogen-bond acceptors (Lipinski definition) is 4. The van der Waals surface area contributed by atoms with E-state index in [1.54, 1.807) is 19.3 Å². The maximum atomic E-state index is 12.0. The molecule has 3 N–H and O–H groups in total. The second-order valence-corrected chi connectivity index (χ2v) is 6.84. The lowest BCUT2D eigenvalue weighted by Gasteiger charge is -2.12. The lowest BCUT2D eigenvalue weighted by molar-refractivity contribution is 0.0925. The summed E-state index contributed by atoms with van der Waals surface area (Å²) in [5, 5.41) is 13.7. The number of carbonyl (C=O) groups is 1. The van der Waals surface area contributed by atoms with Crippen molar-refractivity contribution < 1.29 is 9.21 Å². The van der Waals surface area contributed by atoms with Crippen LogP contribution in [0.25, 0.3) is 5.69 Å². The fraction of sp³-hybridized carbons (Fsp3) is 0.318. The summed E-state index contributed by atoms with van der Waals surface area (Å²) in [7, 11) is 1.75. The summed E-state index contributed by atoms with van der Waals surface area (Å²) in [5.74, 6) is 0.938. The molecule has 0 aliphatic heterocycles. The molecular weight excluding hydrogens is 507 g/mol. The van der Waals surface area contributed by atoms with Crippen LogP contribution < -0.4 is 16.0 Å². The number of hydrogen-bond donors (Lipinski definition) is 3. The van der Waals surface area contributed by atoms with Gasteiger partial charge in [-0.2, -0.15) is 5.10 Å². The summed E-state index contributed by atoms with van der Waals surface area (Å²) in [6.07, 6.45) is 6.88. The van der Waals surface area contributed by atoms with Crippen LogP contribution in [-0.2, 0) is 6.42 Å². The molecule has 0 fully saturated rings. The van der Waals surface area contributed by atoms with Crippen molar-refractivity contribution in [3.63, 3.8) is 0 Å². The molecule has 0 atom stereocenters. The molecule has 0 aliphatic carbocycles. The molecule has 166 valence electrons. The van der Waals surface area contributed by atoms with Gasteiger partial charge >= 0.3 is 0 Å². The van der Waals surface area contributed by atoms with E-state index in [4.69, 9.17) is 4.42 Å². The predicted octanol–water partition coefficient (Wildman–Crippen LogP) is 2.92. The van der Waals surface area contributed by atoms with Crippen molar-refractivity contribution >= 4 is 35.8 Å². The zero-order valence-electron chi connectivity index (χ0n) is 17.8. The predicted molar refractivity (Wildman–Crippen MR) is 132 cm³/mol. The van der Waals surface area contributed by atoms with Crippen molar-refractivity contribution in [3.8, 4) is 5.69 Å². The zero-order valence-corrected chi connectivity index (χ0v) is 20.1. The van der Waals surface area contributed by atoms with Gasteiger partial charge in [0.05, 0.1) is 12.0 Å². The largest absolute Gasteiger partial charge is 0.459 e. The Bertz CT molecular complexity index is 951. The van der Waals surface area contributed by atoms with E-state index in [1.165, 1.54) is 11.8 Å². The van der Waals surface area contributed by atoms with E-state index in [0.717, 1.165) is 36.6 Å². The number of nitrogens with zero attached hydrogens (tertiary/aromatic N) is 3. The number of halogens is 1. The highest BCUT2D eigenvalue weighted by atomic mass is 127. The second kappa shape index (κ2) is 12.8. The summed E-state index contributed by atoms with van der Waals surface area (Å²) >= 11 is 0. The Kier molecular flexibility index (Phi) is 10.1. The van der Waals surface area contributed by atoms with E-state index in [0.29, 0.717) is 18.8 Å². The Hall–Kier alpha value is -2.82. The summed E-state index contributed by atoms with van der Waals surface area (Å²) < 4.78 is 7.02. The number of benzene rings is 1. The maximum absolute atomic E-state index is 12.0. The van der Waals surface area contributed by atoms with Crippen LogP contribution in [0.4, 0.5) is 0 Å².